The molecule has 0 bridgehead atoms. The predicted molar refractivity (Wildman–Crippen MR) is 88.4 cm³/mol. The van der Waals surface area contributed by atoms with Crippen LogP contribution in [0.2, 0.25) is 0 Å². The molecule has 0 atom stereocenters. The first-order valence-electron chi connectivity index (χ1n) is 7.64. The number of hydrogen-bond donors (Lipinski definition) is 0. The Balaban J connectivity index is 4.75. The van der Waals surface area contributed by atoms with Gasteiger partial charge in [0.05, 0.1) is 0 Å². The molecule has 4 nitrogen and oxygen atoms in total. The molecular weight excluding hydrogens is 280 g/mol. The maximum atomic E-state index is 11.9. The van der Waals surface area contributed by atoms with Crippen molar-refractivity contribution < 1.29 is 19.1 Å². The van der Waals surface area contributed by atoms with Crippen LogP contribution < -0.4 is 0 Å². The summed E-state index contributed by atoms with van der Waals surface area (Å²) >= 11 is 0. The van der Waals surface area contributed by atoms with Gasteiger partial charge in [-0.1, -0.05) is 41.5 Å². The van der Waals surface area contributed by atoms with E-state index in [-0.39, 0.29) is 10.8 Å². The zero-order valence-corrected chi connectivity index (χ0v) is 15.8. The Morgan fingerprint density at radius 1 is 0.591 bits per heavy atom. The van der Waals surface area contributed by atoms with E-state index in [0.29, 0.717) is 0 Å². The van der Waals surface area contributed by atoms with Crippen molar-refractivity contribution in [2.45, 2.75) is 80.4 Å². The lowest BCUT2D eigenvalue weighted by Gasteiger charge is -2.38. The largest absolute Gasteiger partial charge is 0.456 e. The Bertz CT molecular complexity index is 401. The van der Waals surface area contributed by atoms with Crippen LogP contribution in [0.4, 0.5) is 0 Å². The highest BCUT2D eigenvalue weighted by Gasteiger charge is 2.37. The van der Waals surface area contributed by atoms with E-state index in [2.05, 4.69) is 0 Å². The molecule has 0 aromatic rings. The van der Waals surface area contributed by atoms with E-state index in [4.69, 9.17) is 9.47 Å². The van der Waals surface area contributed by atoms with Gasteiger partial charge < -0.3 is 9.47 Å². The topological polar surface area (TPSA) is 52.6 Å². The van der Waals surface area contributed by atoms with Gasteiger partial charge in [0.1, 0.15) is 11.2 Å². The smallest absolute Gasteiger partial charge is 0.331 e. The van der Waals surface area contributed by atoms with E-state index in [1.807, 2.05) is 69.2 Å². The number of esters is 2. The molecule has 0 aliphatic carbocycles. The molecular formula is C18H32O4. The SMILES string of the molecule is CC(C)(C)C(C)(C)OC(=O)/C=C\C(=O)OC(C)(C)C(C)(C)C. The molecule has 0 amide bonds. The molecule has 0 saturated heterocycles. The van der Waals surface area contributed by atoms with Crippen LogP contribution in [0.3, 0.4) is 0 Å². The van der Waals surface area contributed by atoms with Crippen molar-refractivity contribution in [3.05, 3.63) is 12.2 Å². The molecule has 0 unspecified atom stereocenters. The van der Waals surface area contributed by atoms with Crippen molar-refractivity contribution in [1.29, 1.82) is 0 Å². The predicted octanol–water partition coefficient (Wildman–Crippen LogP) is 4.28. The molecule has 0 saturated carbocycles. The lowest BCUT2D eigenvalue weighted by Crippen LogP contribution is -2.41. The van der Waals surface area contributed by atoms with Gasteiger partial charge in [-0.2, -0.15) is 0 Å². The van der Waals surface area contributed by atoms with E-state index < -0.39 is 23.1 Å². The first-order chi connectivity index (χ1) is 9.49. The summed E-state index contributed by atoms with van der Waals surface area (Å²) in [5, 5.41) is 0. The summed E-state index contributed by atoms with van der Waals surface area (Å²) in [6.07, 6.45) is 2.24. The van der Waals surface area contributed by atoms with Gasteiger partial charge in [0.2, 0.25) is 0 Å². The quantitative estimate of drug-likeness (QED) is 0.574. The first-order valence-corrected chi connectivity index (χ1v) is 7.64. The molecule has 0 spiro atoms. The molecule has 0 heterocycles. The van der Waals surface area contributed by atoms with Crippen molar-refractivity contribution in [2.75, 3.05) is 0 Å². The van der Waals surface area contributed by atoms with Gasteiger partial charge in [0.15, 0.2) is 0 Å². The summed E-state index contributed by atoms with van der Waals surface area (Å²) in [6.45, 7) is 19.3. The number of carbonyl (C=O) groups is 2. The zero-order chi connectivity index (χ0) is 18.0. The Hall–Kier alpha value is -1.32. The van der Waals surface area contributed by atoms with Crippen LogP contribution in [0.5, 0.6) is 0 Å². The standard InChI is InChI=1S/C18H32O4/c1-15(2,3)17(7,8)21-13(19)11-12-14(20)22-18(9,10)16(4,5)6/h11-12H,1-10H3/b12-11-. The fourth-order valence-corrected chi connectivity index (χ4v) is 1.01. The molecule has 22 heavy (non-hydrogen) atoms. The lowest BCUT2D eigenvalue weighted by atomic mass is 9.79. The van der Waals surface area contributed by atoms with Gasteiger partial charge >= 0.3 is 11.9 Å². The van der Waals surface area contributed by atoms with E-state index in [9.17, 15) is 9.59 Å². The normalized spacial score (nSPS) is 14.1. The summed E-state index contributed by atoms with van der Waals surface area (Å²) in [6, 6.07) is 0. The molecule has 0 aliphatic rings. The molecule has 0 N–H and O–H groups in total. The van der Waals surface area contributed by atoms with E-state index in [1.54, 1.807) is 0 Å². The highest BCUT2D eigenvalue weighted by atomic mass is 16.6. The molecule has 0 fully saturated rings. The first kappa shape index (κ1) is 20.7. The van der Waals surface area contributed by atoms with Crippen LogP contribution in [0.15, 0.2) is 12.2 Å². The minimum atomic E-state index is -0.636. The van der Waals surface area contributed by atoms with E-state index in [0.717, 1.165) is 12.2 Å². The number of ether oxygens (including phenoxy) is 2. The third kappa shape index (κ3) is 5.82. The average Bonchev–Trinajstić information content (AvgIpc) is 2.21. The van der Waals surface area contributed by atoms with Crippen molar-refractivity contribution in [1.82, 2.24) is 0 Å². The van der Waals surface area contributed by atoms with Crippen molar-refractivity contribution in [3.8, 4) is 0 Å². The summed E-state index contributed by atoms with van der Waals surface area (Å²) in [4.78, 5) is 23.7. The maximum absolute atomic E-state index is 11.9. The van der Waals surface area contributed by atoms with Gasteiger partial charge in [0, 0.05) is 23.0 Å². The summed E-state index contributed by atoms with van der Waals surface area (Å²) in [7, 11) is 0. The average molecular weight is 312 g/mol. The van der Waals surface area contributed by atoms with Crippen LogP contribution in [-0.2, 0) is 19.1 Å². The van der Waals surface area contributed by atoms with Crippen LogP contribution in [-0.4, -0.2) is 23.1 Å². The fraction of sp³-hybridized carbons (Fsp3) is 0.778. The Labute approximate surface area is 135 Å². The second-order valence-corrected chi connectivity index (χ2v) is 8.70. The molecule has 0 radical (unpaired) electrons. The Kier molecular flexibility index (Phi) is 6.04. The van der Waals surface area contributed by atoms with Crippen LogP contribution >= 0.6 is 0 Å². The molecule has 0 aromatic heterocycles. The third-order valence-corrected chi connectivity index (χ3v) is 4.68. The summed E-state index contributed by atoms with van der Waals surface area (Å²) in [5.41, 5.74) is -1.68. The minimum absolute atomic E-state index is 0.203. The van der Waals surface area contributed by atoms with Crippen molar-refractivity contribution in [2.24, 2.45) is 10.8 Å². The minimum Gasteiger partial charge on any atom is -0.456 e. The number of hydrogen-bond acceptors (Lipinski definition) is 4. The van der Waals surface area contributed by atoms with Gasteiger partial charge in [-0.05, 0) is 27.7 Å². The fourth-order valence-electron chi connectivity index (χ4n) is 1.01. The van der Waals surface area contributed by atoms with Gasteiger partial charge in [0.25, 0.3) is 0 Å². The van der Waals surface area contributed by atoms with Crippen molar-refractivity contribution >= 4 is 11.9 Å². The molecule has 0 aromatic carbocycles. The molecule has 128 valence electrons. The Morgan fingerprint density at radius 3 is 1.00 bits per heavy atom. The van der Waals surface area contributed by atoms with Crippen LogP contribution in [0.25, 0.3) is 0 Å². The van der Waals surface area contributed by atoms with Crippen molar-refractivity contribution in [3.63, 3.8) is 0 Å². The van der Waals surface area contributed by atoms with E-state index in [1.165, 1.54) is 0 Å². The number of carbonyl (C=O) groups excluding carboxylic acids is 2. The van der Waals surface area contributed by atoms with E-state index >= 15 is 0 Å². The highest BCUT2D eigenvalue weighted by Crippen LogP contribution is 2.34. The molecule has 0 aliphatic heterocycles. The molecule has 0 rings (SSSR count). The maximum Gasteiger partial charge on any atom is 0.331 e. The van der Waals surface area contributed by atoms with Crippen LogP contribution in [0, 0.1) is 10.8 Å². The lowest BCUT2D eigenvalue weighted by molar-refractivity contribution is -0.163. The zero-order valence-electron chi connectivity index (χ0n) is 15.8. The van der Waals surface area contributed by atoms with Gasteiger partial charge in [-0.3, -0.25) is 0 Å². The van der Waals surface area contributed by atoms with Crippen LogP contribution in [0.1, 0.15) is 69.2 Å². The number of rotatable bonds is 4. The summed E-state index contributed by atoms with van der Waals surface area (Å²) < 4.78 is 10.8. The third-order valence-electron chi connectivity index (χ3n) is 4.68. The Morgan fingerprint density at radius 2 is 0.818 bits per heavy atom. The highest BCUT2D eigenvalue weighted by molar-refractivity contribution is 5.92. The monoisotopic (exact) mass is 312 g/mol. The van der Waals surface area contributed by atoms with Gasteiger partial charge in [-0.15, -0.1) is 0 Å². The second kappa shape index (κ2) is 6.43. The molecule has 4 heteroatoms. The summed E-state index contributed by atoms with van der Waals surface area (Å²) in [5.74, 6) is -1.10. The second-order valence-electron chi connectivity index (χ2n) is 8.70. The van der Waals surface area contributed by atoms with Gasteiger partial charge in [-0.25, -0.2) is 9.59 Å².